The lowest BCUT2D eigenvalue weighted by atomic mass is 9.72. The summed E-state index contributed by atoms with van der Waals surface area (Å²) >= 11 is 0. The van der Waals surface area contributed by atoms with E-state index in [1.54, 1.807) is 12.2 Å². The van der Waals surface area contributed by atoms with Gasteiger partial charge in [-0.1, -0.05) is 64.0 Å². The normalized spacial score (nSPS) is 23.6. The number of rotatable bonds is 14. The number of carbonyl (C=O) groups is 1. The molecule has 0 aromatic carbocycles. The van der Waals surface area contributed by atoms with Crippen LogP contribution in [0.4, 0.5) is 8.78 Å². The number of hydrogen-bond acceptors (Lipinski definition) is 3. The van der Waals surface area contributed by atoms with Crippen LogP contribution in [0.5, 0.6) is 0 Å². The molecule has 1 aliphatic carbocycles. The van der Waals surface area contributed by atoms with Gasteiger partial charge in [0, 0.05) is 11.8 Å². The summed E-state index contributed by atoms with van der Waals surface area (Å²) in [6, 6.07) is 0. The van der Waals surface area contributed by atoms with E-state index >= 15 is 0 Å². The van der Waals surface area contributed by atoms with E-state index in [9.17, 15) is 23.8 Å². The average Bonchev–Trinajstić information content (AvgIpc) is 3.01. The van der Waals surface area contributed by atoms with E-state index in [4.69, 9.17) is 5.11 Å². The molecule has 2 atom stereocenters. The van der Waals surface area contributed by atoms with Crippen LogP contribution in [0.1, 0.15) is 90.4 Å². The van der Waals surface area contributed by atoms with E-state index in [1.807, 2.05) is 0 Å². The summed E-state index contributed by atoms with van der Waals surface area (Å²) in [6.07, 6.45) is 10.9. The molecule has 0 unspecified atom stereocenters. The molecule has 0 heterocycles. The number of allylic oxidation sites excluding steroid dienone is 2. The van der Waals surface area contributed by atoms with Crippen LogP contribution in [0.2, 0.25) is 0 Å². The molecule has 0 bridgehead atoms. The molecule has 4 nitrogen and oxygen atoms in total. The van der Waals surface area contributed by atoms with E-state index in [2.05, 4.69) is 6.92 Å². The number of unbranched alkanes of at least 4 members (excludes halogenated alkanes) is 5. The van der Waals surface area contributed by atoms with Crippen LogP contribution in [-0.4, -0.2) is 33.5 Å². The van der Waals surface area contributed by atoms with E-state index < -0.39 is 23.6 Å². The van der Waals surface area contributed by atoms with Crippen molar-refractivity contribution in [3.05, 3.63) is 12.2 Å². The zero-order valence-corrected chi connectivity index (χ0v) is 16.5. The highest BCUT2D eigenvalue weighted by atomic mass is 19.3. The first kappa shape index (κ1) is 24.0. The monoisotopic (exact) mass is 390 g/mol. The minimum absolute atomic E-state index is 0.0584. The van der Waals surface area contributed by atoms with Crippen molar-refractivity contribution in [2.75, 3.05) is 0 Å². The molecule has 0 aromatic rings. The van der Waals surface area contributed by atoms with E-state index in [1.165, 1.54) is 19.3 Å². The lowest BCUT2D eigenvalue weighted by molar-refractivity contribution is -0.205. The van der Waals surface area contributed by atoms with Gasteiger partial charge in [-0.3, -0.25) is 0 Å². The third-order valence-corrected chi connectivity index (χ3v) is 6.03. The summed E-state index contributed by atoms with van der Waals surface area (Å²) in [6.45, 7) is 2.16. The standard InChI is InChI=1S/C21H36F2O4/c1-2-3-4-5-6-9-14-20(18(22)23)15-11-13-17(20)12-8-7-10-16-21(26,27)19(24)25/h7-8,17-18,26-27H,2-6,9-16H2,1H3,(H,24,25)/t17-,20-/m0/s1. The zero-order chi connectivity index (χ0) is 20.3. The molecule has 0 amide bonds. The minimum atomic E-state index is -2.73. The highest BCUT2D eigenvalue weighted by molar-refractivity contribution is 5.74. The highest BCUT2D eigenvalue weighted by Crippen LogP contribution is 2.52. The number of aliphatic hydroxyl groups is 2. The number of hydrogen-bond donors (Lipinski definition) is 3. The topological polar surface area (TPSA) is 77.8 Å². The molecule has 1 rings (SSSR count). The summed E-state index contributed by atoms with van der Waals surface area (Å²) < 4.78 is 27.9. The lowest BCUT2D eigenvalue weighted by Gasteiger charge is -2.35. The Hall–Kier alpha value is -1.01. The summed E-state index contributed by atoms with van der Waals surface area (Å²) in [5, 5.41) is 27.2. The van der Waals surface area contributed by atoms with Crippen LogP contribution in [0.25, 0.3) is 0 Å². The van der Waals surface area contributed by atoms with E-state index in [0.29, 0.717) is 19.3 Å². The van der Waals surface area contributed by atoms with Crippen molar-refractivity contribution in [1.29, 1.82) is 0 Å². The molecular weight excluding hydrogens is 354 g/mol. The number of aliphatic carboxylic acids is 1. The van der Waals surface area contributed by atoms with Gasteiger partial charge >= 0.3 is 5.97 Å². The molecule has 0 aromatic heterocycles. The Morgan fingerprint density at radius 3 is 2.48 bits per heavy atom. The molecule has 1 fully saturated rings. The molecule has 0 saturated heterocycles. The van der Waals surface area contributed by atoms with Gasteiger partial charge in [0.2, 0.25) is 6.43 Å². The first-order valence-electron chi connectivity index (χ1n) is 10.4. The van der Waals surface area contributed by atoms with Gasteiger partial charge in [-0.05, 0) is 38.0 Å². The quantitative estimate of drug-likeness (QED) is 0.214. The van der Waals surface area contributed by atoms with Gasteiger partial charge in [-0.15, -0.1) is 0 Å². The van der Waals surface area contributed by atoms with Crippen LogP contribution in [-0.2, 0) is 4.79 Å². The largest absolute Gasteiger partial charge is 0.477 e. The molecule has 158 valence electrons. The van der Waals surface area contributed by atoms with Crippen molar-refractivity contribution < 1.29 is 28.9 Å². The zero-order valence-electron chi connectivity index (χ0n) is 16.5. The van der Waals surface area contributed by atoms with Crippen LogP contribution >= 0.6 is 0 Å². The van der Waals surface area contributed by atoms with Crippen LogP contribution in [0.15, 0.2) is 12.2 Å². The molecule has 0 spiro atoms. The summed E-state index contributed by atoms with van der Waals surface area (Å²) in [7, 11) is 0. The van der Waals surface area contributed by atoms with Crippen molar-refractivity contribution in [3.63, 3.8) is 0 Å². The first-order chi connectivity index (χ1) is 12.8. The van der Waals surface area contributed by atoms with Gasteiger partial charge in [-0.25, -0.2) is 13.6 Å². The van der Waals surface area contributed by atoms with Gasteiger partial charge in [0.05, 0.1) is 0 Å². The van der Waals surface area contributed by atoms with Gasteiger partial charge in [-0.2, -0.15) is 0 Å². The number of halogens is 2. The molecule has 0 radical (unpaired) electrons. The summed E-state index contributed by atoms with van der Waals surface area (Å²) in [5.74, 6) is -4.47. The van der Waals surface area contributed by atoms with Gasteiger partial charge in [0.1, 0.15) is 0 Å². The van der Waals surface area contributed by atoms with Crippen molar-refractivity contribution in [1.82, 2.24) is 0 Å². The number of carboxylic acids is 1. The smallest absolute Gasteiger partial charge is 0.364 e. The molecular formula is C21H36F2O4. The van der Waals surface area contributed by atoms with Gasteiger partial charge in [0.15, 0.2) is 0 Å². The van der Waals surface area contributed by atoms with E-state index in [-0.39, 0.29) is 18.8 Å². The van der Waals surface area contributed by atoms with Crippen molar-refractivity contribution in [3.8, 4) is 0 Å². The molecule has 1 aliphatic rings. The Morgan fingerprint density at radius 2 is 1.85 bits per heavy atom. The Morgan fingerprint density at radius 1 is 1.19 bits per heavy atom. The second-order valence-corrected chi connectivity index (χ2v) is 8.01. The first-order valence-corrected chi connectivity index (χ1v) is 10.4. The maximum absolute atomic E-state index is 13.9. The molecule has 0 aliphatic heterocycles. The molecule has 1 saturated carbocycles. The number of carboxylic acid groups (broad SMARTS) is 1. The van der Waals surface area contributed by atoms with Crippen LogP contribution in [0, 0.1) is 11.3 Å². The third-order valence-electron chi connectivity index (χ3n) is 6.03. The Kier molecular flexibility index (Phi) is 10.5. The van der Waals surface area contributed by atoms with Crippen LogP contribution in [0.3, 0.4) is 0 Å². The minimum Gasteiger partial charge on any atom is -0.477 e. The summed E-state index contributed by atoms with van der Waals surface area (Å²) in [5.41, 5.74) is -0.895. The van der Waals surface area contributed by atoms with Crippen molar-refractivity contribution in [2.45, 2.75) is 103 Å². The number of alkyl halides is 2. The lowest BCUT2D eigenvalue weighted by Crippen LogP contribution is -2.37. The fourth-order valence-electron chi connectivity index (χ4n) is 4.25. The Labute approximate surface area is 161 Å². The Bertz CT molecular complexity index is 465. The van der Waals surface area contributed by atoms with Crippen molar-refractivity contribution in [2.24, 2.45) is 11.3 Å². The molecule has 27 heavy (non-hydrogen) atoms. The Balaban J connectivity index is 2.49. The highest BCUT2D eigenvalue weighted by Gasteiger charge is 2.48. The van der Waals surface area contributed by atoms with Gasteiger partial charge < -0.3 is 15.3 Å². The average molecular weight is 391 g/mol. The predicted molar refractivity (Wildman–Crippen MR) is 102 cm³/mol. The molecule has 6 heteroatoms. The maximum atomic E-state index is 13.9. The fourth-order valence-corrected chi connectivity index (χ4v) is 4.25. The summed E-state index contributed by atoms with van der Waals surface area (Å²) in [4.78, 5) is 10.6. The fraction of sp³-hybridized carbons (Fsp3) is 0.857. The second-order valence-electron chi connectivity index (χ2n) is 8.01. The predicted octanol–water partition coefficient (Wildman–Crippen LogP) is 5.28. The van der Waals surface area contributed by atoms with Crippen molar-refractivity contribution >= 4 is 5.97 Å². The maximum Gasteiger partial charge on any atom is 0.364 e. The van der Waals surface area contributed by atoms with Gasteiger partial charge in [0.25, 0.3) is 5.79 Å². The van der Waals surface area contributed by atoms with E-state index in [0.717, 1.165) is 32.1 Å². The SMILES string of the molecule is CCCCCCCC[C@]1(C(F)F)CCC[C@@H]1CC=CCCC(O)(O)C(=O)O. The second kappa shape index (κ2) is 11.7. The van der Waals surface area contributed by atoms with Crippen LogP contribution < -0.4 is 0 Å². The molecule has 3 N–H and O–H groups in total. The third kappa shape index (κ3) is 7.49.